The number of alkyl halides is 2. The highest BCUT2D eigenvalue weighted by Crippen LogP contribution is 2.22. The Labute approximate surface area is 151 Å². The standard InChI is InChI=1S/C19H23F2N3O2/c1-3-22-19(23-11-14-5-7-16(25)8-6-14)24-12-15-10-13(2)4-9-17(15)26-18(20)21/h4-10,18,25H,3,11-12H2,1-2H3,(H2,22,23,24). The monoisotopic (exact) mass is 363 g/mol. The van der Waals surface area contributed by atoms with Gasteiger partial charge >= 0.3 is 6.61 Å². The number of benzene rings is 2. The number of phenolic OH excluding ortho intramolecular Hbond substituents is 1. The molecule has 0 atom stereocenters. The van der Waals surface area contributed by atoms with Crippen molar-refractivity contribution in [3.05, 3.63) is 59.2 Å². The number of nitrogens with zero attached hydrogens (tertiary/aromatic N) is 1. The van der Waals surface area contributed by atoms with Crippen LogP contribution in [0.15, 0.2) is 47.5 Å². The molecule has 0 fully saturated rings. The highest BCUT2D eigenvalue weighted by Gasteiger charge is 2.10. The minimum atomic E-state index is -2.87. The molecule has 0 heterocycles. The molecule has 5 nitrogen and oxygen atoms in total. The van der Waals surface area contributed by atoms with Crippen LogP contribution in [-0.2, 0) is 13.1 Å². The summed E-state index contributed by atoms with van der Waals surface area (Å²) >= 11 is 0. The van der Waals surface area contributed by atoms with Gasteiger partial charge in [-0.1, -0.05) is 29.8 Å². The summed E-state index contributed by atoms with van der Waals surface area (Å²) in [6, 6.07) is 11.9. The molecule has 0 aromatic heterocycles. The molecule has 0 aliphatic carbocycles. The second-order valence-corrected chi connectivity index (χ2v) is 5.70. The Hall–Kier alpha value is -2.83. The summed E-state index contributed by atoms with van der Waals surface area (Å²) < 4.78 is 29.7. The molecule has 2 rings (SSSR count). The van der Waals surface area contributed by atoms with Gasteiger partial charge in [-0.05, 0) is 37.6 Å². The van der Waals surface area contributed by atoms with Crippen LogP contribution in [0.3, 0.4) is 0 Å². The average molecular weight is 363 g/mol. The molecule has 0 saturated heterocycles. The van der Waals surface area contributed by atoms with Crippen molar-refractivity contribution in [1.82, 2.24) is 10.6 Å². The van der Waals surface area contributed by atoms with E-state index in [9.17, 15) is 13.9 Å². The maximum atomic E-state index is 12.6. The summed E-state index contributed by atoms with van der Waals surface area (Å²) in [5.41, 5.74) is 2.52. The van der Waals surface area contributed by atoms with E-state index in [1.165, 1.54) is 0 Å². The Morgan fingerprint density at radius 2 is 1.88 bits per heavy atom. The molecule has 2 aromatic carbocycles. The second kappa shape index (κ2) is 9.60. The number of hydrogen-bond acceptors (Lipinski definition) is 3. The summed E-state index contributed by atoms with van der Waals surface area (Å²) in [5.74, 6) is 0.909. The summed E-state index contributed by atoms with van der Waals surface area (Å²) in [6.07, 6.45) is 0. The lowest BCUT2D eigenvalue weighted by Gasteiger charge is -2.15. The molecular formula is C19H23F2N3O2. The molecule has 0 spiro atoms. The van der Waals surface area contributed by atoms with Gasteiger partial charge in [-0.2, -0.15) is 8.78 Å². The largest absolute Gasteiger partial charge is 0.508 e. The lowest BCUT2D eigenvalue weighted by molar-refractivity contribution is -0.0504. The van der Waals surface area contributed by atoms with Crippen molar-refractivity contribution in [2.45, 2.75) is 33.5 Å². The normalized spacial score (nSPS) is 11.5. The average Bonchev–Trinajstić information content (AvgIpc) is 2.60. The van der Waals surface area contributed by atoms with Gasteiger partial charge in [0.1, 0.15) is 11.5 Å². The zero-order valence-corrected chi connectivity index (χ0v) is 14.8. The highest BCUT2D eigenvalue weighted by atomic mass is 19.3. The number of nitrogens with one attached hydrogen (secondary N) is 2. The first-order valence-corrected chi connectivity index (χ1v) is 8.32. The minimum Gasteiger partial charge on any atom is -0.508 e. The predicted octanol–water partition coefficient (Wildman–Crippen LogP) is 3.56. The fraction of sp³-hybridized carbons (Fsp3) is 0.316. The molecule has 26 heavy (non-hydrogen) atoms. The third-order valence-electron chi connectivity index (χ3n) is 3.58. The molecule has 0 aliphatic heterocycles. The highest BCUT2D eigenvalue weighted by molar-refractivity contribution is 5.79. The molecular weight excluding hydrogens is 340 g/mol. The van der Waals surface area contributed by atoms with Crippen LogP contribution in [0.1, 0.15) is 23.6 Å². The molecule has 140 valence electrons. The van der Waals surface area contributed by atoms with Crippen LogP contribution in [0.5, 0.6) is 11.5 Å². The molecule has 0 radical (unpaired) electrons. The smallest absolute Gasteiger partial charge is 0.387 e. The van der Waals surface area contributed by atoms with Crippen LogP contribution in [0.25, 0.3) is 0 Å². The van der Waals surface area contributed by atoms with Gasteiger partial charge in [0.05, 0.1) is 6.54 Å². The number of hydrogen-bond donors (Lipinski definition) is 3. The first-order valence-electron chi connectivity index (χ1n) is 8.32. The Morgan fingerprint density at radius 1 is 1.15 bits per heavy atom. The summed E-state index contributed by atoms with van der Waals surface area (Å²) in [7, 11) is 0. The van der Waals surface area contributed by atoms with Gasteiger partial charge in [-0.25, -0.2) is 4.99 Å². The number of aliphatic imine (C=N–C) groups is 1. The van der Waals surface area contributed by atoms with Crippen molar-refractivity contribution in [1.29, 1.82) is 0 Å². The number of ether oxygens (including phenoxy) is 1. The molecule has 0 bridgehead atoms. The lowest BCUT2D eigenvalue weighted by atomic mass is 10.1. The molecule has 0 amide bonds. The van der Waals surface area contributed by atoms with Gasteiger partial charge < -0.3 is 20.5 Å². The first kappa shape index (κ1) is 19.5. The van der Waals surface area contributed by atoms with Gasteiger partial charge in [-0.3, -0.25) is 0 Å². The van der Waals surface area contributed by atoms with E-state index < -0.39 is 6.61 Å². The fourth-order valence-electron chi connectivity index (χ4n) is 2.35. The van der Waals surface area contributed by atoms with Crippen molar-refractivity contribution in [2.24, 2.45) is 4.99 Å². The molecule has 7 heteroatoms. The van der Waals surface area contributed by atoms with E-state index in [0.29, 0.717) is 31.2 Å². The fourth-order valence-corrected chi connectivity index (χ4v) is 2.35. The van der Waals surface area contributed by atoms with Crippen LogP contribution >= 0.6 is 0 Å². The number of guanidine groups is 1. The number of aryl methyl sites for hydroxylation is 1. The lowest BCUT2D eigenvalue weighted by Crippen LogP contribution is -2.36. The van der Waals surface area contributed by atoms with E-state index in [-0.39, 0.29) is 11.5 Å². The second-order valence-electron chi connectivity index (χ2n) is 5.70. The van der Waals surface area contributed by atoms with E-state index >= 15 is 0 Å². The van der Waals surface area contributed by atoms with Crippen LogP contribution in [0.2, 0.25) is 0 Å². The molecule has 2 aromatic rings. The van der Waals surface area contributed by atoms with Crippen molar-refractivity contribution in [2.75, 3.05) is 6.54 Å². The molecule has 3 N–H and O–H groups in total. The number of aromatic hydroxyl groups is 1. The zero-order chi connectivity index (χ0) is 18.9. The Kier molecular flexibility index (Phi) is 7.20. The summed E-state index contributed by atoms with van der Waals surface area (Å²) in [6.45, 7) is 2.34. The summed E-state index contributed by atoms with van der Waals surface area (Å²) in [4.78, 5) is 4.47. The van der Waals surface area contributed by atoms with Gasteiger partial charge in [0.2, 0.25) is 0 Å². The maximum absolute atomic E-state index is 12.6. The third-order valence-corrected chi connectivity index (χ3v) is 3.58. The van der Waals surface area contributed by atoms with Crippen LogP contribution in [-0.4, -0.2) is 24.2 Å². The molecule has 0 saturated carbocycles. The van der Waals surface area contributed by atoms with Gasteiger partial charge in [0, 0.05) is 18.7 Å². The SMILES string of the molecule is CCNC(=NCc1ccc(O)cc1)NCc1cc(C)ccc1OC(F)F. The van der Waals surface area contributed by atoms with Crippen LogP contribution < -0.4 is 15.4 Å². The zero-order valence-electron chi connectivity index (χ0n) is 14.8. The number of halogens is 2. The summed E-state index contributed by atoms with van der Waals surface area (Å²) in [5, 5.41) is 15.5. The van der Waals surface area contributed by atoms with Gasteiger partial charge in [0.25, 0.3) is 0 Å². The predicted molar refractivity (Wildman–Crippen MR) is 97.6 cm³/mol. The topological polar surface area (TPSA) is 65.9 Å². The van der Waals surface area contributed by atoms with Gasteiger partial charge in [-0.15, -0.1) is 0 Å². The van der Waals surface area contributed by atoms with Crippen molar-refractivity contribution in [3.8, 4) is 11.5 Å². The van der Waals surface area contributed by atoms with Gasteiger partial charge in [0.15, 0.2) is 5.96 Å². The van der Waals surface area contributed by atoms with E-state index in [2.05, 4.69) is 20.4 Å². The molecule has 0 aliphatic rings. The van der Waals surface area contributed by atoms with Crippen LogP contribution in [0.4, 0.5) is 8.78 Å². The number of rotatable bonds is 7. The Bertz CT molecular complexity index is 734. The quantitative estimate of drug-likeness (QED) is 0.520. The van der Waals surface area contributed by atoms with Crippen LogP contribution in [0, 0.1) is 6.92 Å². The molecule has 0 unspecified atom stereocenters. The minimum absolute atomic E-state index is 0.146. The number of phenols is 1. The van der Waals surface area contributed by atoms with Crippen molar-refractivity contribution < 1.29 is 18.6 Å². The van der Waals surface area contributed by atoms with E-state index in [0.717, 1.165) is 11.1 Å². The third kappa shape index (κ3) is 6.23. The van der Waals surface area contributed by atoms with E-state index in [4.69, 9.17) is 0 Å². The Balaban J connectivity index is 2.06. The van der Waals surface area contributed by atoms with E-state index in [1.54, 1.807) is 42.5 Å². The first-order chi connectivity index (χ1) is 12.5. The Morgan fingerprint density at radius 3 is 2.54 bits per heavy atom. The maximum Gasteiger partial charge on any atom is 0.387 e. The van der Waals surface area contributed by atoms with Crippen molar-refractivity contribution >= 4 is 5.96 Å². The van der Waals surface area contributed by atoms with E-state index in [1.807, 2.05) is 13.8 Å². The van der Waals surface area contributed by atoms with Crippen molar-refractivity contribution in [3.63, 3.8) is 0 Å².